The summed E-state index contributed by atoms with van der Waals surface area (Å²) in [6, 6.07) is 8.37. The van der Waals surface area contributed by atoms with Crippen LogP contribution in [0.2, 0.25) is 5.02 Å². The van der Waals surface area contributed by atoms with Crippen LogP contribution in [0.25, 0.3) is 0 Å². The molecule has 8 heteroatoms. The predicted molar refractivity (Wildman–Crippen MR) is 97.4 cm³/mol. The van der Waals surface area contributed by atoms with Crippen LogP contribution in [0.15, 0.2) is 41.3 Å². The smallest absolute Gasteiger partial charge is 0.261 e. The van der Waals surface area contributed by atoms with Crippen LogP contribution in [0, 0.1) is 11.7 Å². The molecular formula is C18H16ClFN2O3S. The highest BCUT2D eigenvalue weighted by Gasteiger charge is 2.36. The monoisotopic (exact) mass is 394 g/mol. The first-order valence-corrected chi connectivity index (χ1v) is 10.1. The Morgan fingerprint density at radius 2 is 1.96 bits per heavy atom. The van der Waals surface area contributed by atoms with E-state index in [-0.39, 0.29) is 21.7 Å². The molecule has 0 atom stereocenters. The quantitative estimate of drug-likeness (QED) is 0.861. The molecule has 1 heterocycles. The SMILES string of the molecule is O=C(C1CC1)N1CCc2cc(NS(=O)(=O)c3ccc(F)c(Cl)c3)ccc21. The van der Waals surface area contributed by atoms with Crippen molar-refractivity contribution in [2.24, 2.45) is 5.92 Å². The second kappa shape index (κ2) is 6.25. The molecule has 0 unspecified atom stereocenters. The van der Waals surface area contributed by atoms with E-state index >= 15 is 0 Å². The van der Waals surface area contributed by atoms with Crippen LogP contribution >= 0.6 is 11.6 Å². The van der Waals surface area contributed by atoms with Gasteiger partial charge in [-0.05, 0) is 61.2 Å². The Morgan fingerprint density at radius 1 is 1.19 bits per heavy atom. The Morgan fingerprint density at radius 3 is 2.65 bits per heavy atom. The summed E-state index contributed by atoms with van der Waals surface area (Å²) < 4.78 is 40.7. The topological polar surface area (TPSA) is 66.5 Å². The van der Waals surface area contributed by atoms with Crippen LogP contribution < -0.4 is 9.62 Å². The maximum Gasteiger partial charge on any atom is 0.261 e. The van der Waals surface area contributed by atoms with Crippen molar-refractivity contribution in [2.75, 3.05) is 16.2 Å². The first-order chi connectivity index (χ1) is 12.3. The summed E-state index contributed by atoms with van der Waals surface area (Å²) in [6.45, 7) is 0.619. The van der Waals surface area contributed by atoms with Crippen LogP contribution in [-0.4, -0.2) is 20.9 Å². The third-order valence-corrected chi connectivity index (χ3v) is 6.29. The van der Waals surface area contributed by atoms with Gasteiger partial charge in [0.1, 0.15) is 5.82 Å². The number of carbonyl (C=O) groups excluding carboxylic acids is 1. The lowest BCUT2D eigenvalue weighted by Gasteiger charge is -2.17. The highest BCUT2D eigenvalue weighted by Crippen LogP contribution is 2.37. The van der Waals surface area contributed by atoms with Crippen LogP contribution in [0.5, 0.6) is 0 Å². The Balaban J connectivity index is 1.57. The van der Waals surface area contributed by atoms with E-state index in [2.05, 4.69) is 4.72 Å². The molecule has 2 aromatic rings. The summed E-state index contributed by atoms with van der Waals surface area (Å²) in [4.78, 5) is 14.0. The Hall–Kier alpha value is -2.12. The molecule has 5 nitrogen and oxygen atoms in total. The Kier molecular flexibility index (Phi) is 4.16. The molecule has 2 aromatic carbocycles. The molecule has 26 heavy (non-hydrogen) atoms. The number of amides is 1. The Labute approximate surface area is 155 Å². The summed E-state index contributed by atoms with van der Waals surface area (Å²) in [6.07, 6.45) is 2.58. The lowest BCUT2D eigenvalue weighted by atomic mass is 10.1. The van der Waals surface area contributed by atoms with Crippen molar-refractivity contribution in [3.63, 3.8) is 0 Å². The van der Waals surface area contributed by atoms with Gasteiger partial charge in [-0.1, -0.05) is 11.6 Å². The first kappa shape index (κ1) is 17.3. The number of benzene rings is 2. The number of nitrogens with one attached hydrogen (secondary N) is 1. The summed E-state index contributed by atoms with van der Waals surface area (Å²) in [5.41, 5.74) is 2.16. The number of hydrogen-bond donors (Lipinski definition) is 1. The van der Waals surface area contributed by atoms with Crippen LogP contribution in [0.4, 0.5) is 15.8 Å². The van der Waals surface area contributed by atoms with Gasteiger partial charge in [-0.25, -0.2) is 12.8 Å². The van der Waals surface area contributed by atoms with Gasteiger partial charge in [-0.2, -0.15) is 0 Å². The number of halogens is 2. The van der Waals surface area contributed by atoms with E-state index in [4.69, 9.17) is 11.6 Å². The zero-order valence-electron chi connectivity index (χ0n) is 13.7. The maximum atomic E-state index is 13.2. The number of fused-ring (bicyclic) bond motifs is 1. The van der Waals surface area contributed by atoms with E-state index in [0.717, 1.165) is 42.3 Å². The third-order valence-electron chi connectivity index (χ3n) is 4.62. The van der Waals surface area contributed by atoms with Gasteiger partial charge in [0.2, 0.25) is 5.91 Å². The average molecular weight is 395 g/mol. The largest absolute Gasteiger partial charge is 0.312 e. The molecular weight excluding hydrogens is 379 g/mol. The maximum absolute atomic E-state index is 13.2. The van der Waals surface area contributed by atoms with E-state index in [1.165, 1.54) is 0 Å². The van der Waals surface area contributed by atoms with Crippen LogP contribution in [0.1, 0.15) is 18.4 Å². The zero-order chi connectivity index (χ0) is 18.5. The summed E-state index contributed by atoms with van der Waals surface area (Å²) in [5.74, 6) is -0.385. The van der Waals surface area contributed by atoms with E-state index in [9.17, 15) is 17.6 Å². The molecule has 136 valence electrons. The lowest BCUT2D eigenvalue weighted by Crippen LogP contribution is -2.30. The number of sulfonamides is 1. The summed E-state index contributed by atoms with van der Waals surface area (Å²) in [7, 11) is -3.88. The third kappa shape index (κ3) is 3.17. The standard InChI is InChI=1S/C18H16ClFN2O3S/c19-15-10-14(4-5-16(15)20)26(24,25)21-13-3-6-17-12(9-13)7-8-22(17)18(23)11-1-2-11/h3-6,9-11,21H,1-2,7-8H2. The van der Waals surface area contributed by atoms with Gasteiger partial charge >= 0.3 is 0 Å². The highest BCUT2D eigenvalue weighted by molar-refractivity contribution is 7.92. The average Bonchev–Trinajstić information content (AvgIpc) is 3.36. The normalized spacial score (nSPS) is 16.5. The predicted octanol–water partition coefficient (Wildman–Crippen LogP) is 3.58. The van der Waals surface area contributed by atoms with Crippen molar-refractivity contribution in [2.45, 2.75) is 24.2 Å². The lowest BCUT2D eigenvalue weighted by molar-refractivity contribution is -0.119. The van der Waals surface area contributed by atoms with Gasteiger partial charge < -0.3 is 4.90 Å². The molecule has 0 spiro atoms. The molecule has 0 bridgehead atoms. The molecule has 2 aliphatic rings. The van der Waals surface area contributed by atoms with Crippen molar-refractivity contribution < 1.29 is 17.6 Å². The molecule has 1 amide bonds. The fraction of sp³-hybridized carbons (Fsp3) is 0.278. The van der Waals surface area contributed by atoms with Gasteiger partial charge in [-0.15, -0.1) is 0 Å². The van der Waals surface area contributed by atoms with Gasteiger partial charge in [0.05, 0.1) is 9.92 Å². The van der Waals surface area contributed by atoms with E-state index in [1.54, 1.807) is 23.1 Å². The minimum Gasteiger partial charge on any atom is -0.312 e. The van der Waals surface area contributed by atoms with Gasteiger partial charge in [0.25, 0.3) is 10.0 Å². The second-order valence-electron chi connectivity index (χ2n) is 6.54. The van der Waals surface area contributed by atoms with Crippen molar-refractivity contribution in [1.29, 1.82) is 0 Å². The van der Waals surface area contributed by atoms with Crippen molar-refractivity contribution >= 4 is 38.9 Å². The van der Waals surface area contributed by atoms with Crippen molar-refractivity contribution in [3.8, 4) is 0 Å². The molecule has 1 aliphatic carbocycles. The molecule has 1 fully saturated rings. The highest BCUT2D eigenvalue weighted by atomic mass is 35.5. The minimum absolute atomic E-state index is 0.116. The fourth-order valence-corrected chi connectivity index (χ4v) is 4.42. The number of hydrogen-bond acceptors (Lipinski definition) is 3. The van der Waals surface area contributed by atoms with Gasteiger partial charge in [0.15, 0.2) is 0 Å². The van der Waals surface area contributed by atoms with Crippen LogP contribution in [0.3, 0.4) is 0 Å². The fourth-order valence-electron chi connectivity index (χ4n) is 3.10. The number of anilines is 2. The number of nitrogens with zero attached hydrogens (tertiary/aromatic N) is 1. The van der Waals surface area contributed by atoms with Gasteiger partial charge in [-0.3, -0.25) is 9.52 Å². The zero-order valence-corrected chi connectivity index (χ0v) is 15.3. The van der Waals surface area contributed by atoms with E-state index < -0.39 is 15.8 Å². The Bertz CT molecular complexity index is 1010. The van der Waals surface area contributed by atoms with E-state index in [1.807, 2.05) is 0 Å². The molecule has 1 aliphatic heterocycles. The molecule has 1 saturated carbocycles. The van der Waals surface area contributed by atoms with Crippen molar-refractivity contribution in [3.05, 3.63) is 52.8 Å². The summed E-state index contributed by atoms with van der Waals surface area (Å²) in [5, 5.41) is -0.254. The van der Waals surface area contributed by atoms with E-state index in [0.29, 0.717) is 18.7 Å². The molecule has 4 rings (SSSR count). The number of rotatable bonds is 4. The van der Waals surface area contributed by atoms with Crippen LogP contribution in [-0.2, 0) is 21.2 Å². The van der Waals surface area contributed by atoms with Crippen molar-refractivity contribution in [1.82, 2.24) is 0 Å². The molecule has 1 N–H and O–H groups in total. The minimum atomic E-state index is -3.88. The van der Waals surface area contributed by atoms with Gasteiger partial charge in [0, 0.05) is 23.8 Å². The molecule has 0 radical (unpaired) electrons. The second-order valence-corrected chi connectivity index (χ2v) is 8.63. The molecule has 0 aromatic heterocycles. The molecule has 0 saturated heterocycles. The summed E-state index contributed by atoms with van der Waals surface area (Å²) >= 11 is 5.67. The number of carbonyl (C=O) groups is 1. The first-order valence-electron chi connectivity index (χ1n) is 8.27.